The van der Waals surface area contributed by atoms with Crippen molar-refractivity contribution in [3.8, 4) is 11.5 Å². The highest BCUT2D eigenvalue weighted by Crippen LogP contribution is 2.27. The lowest BCUT2D eigenvalue weighted by molar-refractivity contribution is 0.194. The highest BCUT2D eigenvalue weighted by molar-refractivity contribution is 5.34. The number of hydrogen-bond donors (Lipinski definition) is 1. The van der Waals surface area contributed by atoms with Gasteiger partial charge in [0.2, 0.25) is 0 Å². The molecule has 3 heteroatoms. The van der Waals surface area contributed by atoms with E-state index in [4.69, 9.17) is 4.74 Å². The van der Waals surface area contributed by atoms with Crippen molar-refractivity contribution in [2.45, 2.75) is 39.2 Å². The molecule has 2 rings (SSSR count). The van der Waals surface area contributed by atoms with Crippen molar-refractivity contribution in [2.24, 2.45) is 0 Å². The third kappa shape index (κ3) is 3.58. The average Bonchev–Trinajstić information content (AvgIpc) is 2.39. The first-order chi connectivity index (χ1) is 9.36. The van der Waals surface area contributed by atoms with Crippen molar-refractivity contribution in [2.75, 3.05) is 0 Å². The predicted octanol–water partition coefficient (Wildman–Crippen LogP) is 4.22. The molecule has 0 radical (unpaired) electrons. The van der Waals surface area contributed by atoms with Gasteiger partial charge in [-0.2, -0.15) is 0 Å². The molecule has 0 saturated heterocycles. The molecule has 3 nitrogen and oxygen atoms in total. The van der Waals surface area contributed by atoms with Gasteiger partial charge in [-0.05, 0) is 42.2 Å². The lowest BCUT2D eigenvalue weighted by Crippen LogP contribution is -2.10. The Morgan fingerprint density at radius 2 is 1.60 bits per heavy atom. The lowest BCUT2D eigenvalue weighted by atomic mass is 9.87. The molecule has 0 fully saturated rings. The Morgan fingerprint density at radius 3 is 2.05 bits per heavy atom. The van der Waals surface area contributed by atoms with Gasteiger partial charge in [0, 0.05) is 0 Å². The van der Waals surface area contributed by atoms with Gasteiger partial charge in [0.05, 0.1) is 18.0 Å². The molecule has 0 saturated carbocycles. The highest BCUT2D eigenvalue weighted by atomic mass is 16.5. The van der Waals surface area contributed by atoms with Crippen LogP contribution in [0, 0.1) is 0 Å². The molecular formula is C17H21NO2. The summed E-state index contributed by atoms with van der Waals surface area (Å²) < 4.78 is 5.74. The molecule has 0 amide bonds. The van der Waals surface area contributed by atoms with E-state index in [2.05, 4.69) is 37.9 Å². The number of hydrogen-bond acceptors (Lipinski definition) is 3. The number of ether oxygens (including phenoxy) is 1. The first kappa shape index (κ1) is 14.5. The summed E-state index contributed by atoms with van der Waals surface area (Å²) >= 11 is 0. The maximum Gasteiger partial charge on any atom is 0.145 e. The van der Waals surface area contributed by atoms with Crippen LogP contribution in [0.15, 0.2) is 42.6 Å². The molecule has 1 N–H and O–H groups in total. The molecule has 1 aromatic heterocycles. The zero-order valence-corrected chi connectivity index (χ0v) is 12.4. The van der Waals surface area contributed by atoms with Crippen molar-refractivity contribution in [3.05, 3.63) is 53.9 Å². The molecule has 0 bridgehead atoms. The van der Waals surface area contributed by atoms with Crippen molar-refractivity contribution >= 4 is 0 Å². The fourth-order valence-electron chi connectivity index (χ4n) is 1.86. The Labute approximate surface area is 120 Å². The Bertz CT molecular complexity index is 551. The molecule has 1 aromatic carbocycles. The molecule has 20 heavy (non-hydrogen) atoms. The Morgan fingerprint density at radius 1 is 1.00 bits per heavy atom. The predicted molar refractivity (Wildman–Crippen MR) is 80.1 cm³/mol. The minimum absolute atomic E-state index is 0.138. The van der Waals surface area contributed by atoms with Crippen LogP contribution in [0.2, 0.25) is 0 Å². The van der Waals surface area contributed by atoms with E-state index in [0.29, 0.717) is 11.4 Å². The van der Waals surface area contributed by atoms with E-state index < -0.39 is 6.10 Å². The van der Waals surface area contributed by atoms with Gasteiger partial charge < -0.3 is 9.84 Å². The monoisotopic (exact) mass is 271 g/mol. The Balaban J connectivity index is 2.10. The van der Waals surface area contributed by atoms with E-state index in [1.54, 1.807) is 19.2 Å². The van der Waals surface area contributed by atoms with Crippen molar-refractivity contribution in [1.29, 1.82) is 0 Å². The van der Waals surface area contributed by atoms with Gasteiger partial charge >= 0.3 is 0 Å². The summed E-state index contributed by atoms with van der Waals surface area (Å²) in [6.45, 7) is 8.23. The largest absolute Gasteiger partial charge is 0.456 e. The first-order valence-electron chi connectivity index (χ1n) is 6.79. The van der Waals surface area contributed by atoms with Crippen LogP contribution in [-0.2, 0) is 5.41 Å². The van der Waals surface area contributed by atoms with Gasteiger partial charge in [-0.3, -0.25) is 4.98 Å². The minimum Gasteiger partial charge on any atom is -0.456 e. The number of rotatable bonds is 3. The first-order valence-corrected chi connectivity index (χ1v) is 6.79. The molecular weight excluding hydrogens is 250 g/mol. The van der Waals surface area contributed by atoms with Crippen LogP contribution in [0.5, 0.6) is 11.5 Å². The molecule has 0 aliphatic heterocycles. The fourth-order valence-corrected chi connectivity index (χ4v) is 1.86. The van der Waals surface area contributed by atoms with E-state index in [-0.39, 0.29) is 5.41 Å². The second-order valence-electron chi connectivity index (χ2n) is 5.97. The summed E-state index contributed by atoms with van der Waals surface area (Å²) in [6, 6.07) is 11.7. The summed E-state index contributed by atoms with van der Waals surface area (Å²) in [4.78, 5) is 4.16. The Hall–Kier alpha value is -1.87. The fraction of sp³-hybridized carbons (Fsp3) is 0.353. The quantitative estimate of drug-likeness (QED) is 0.908. The van der Waals surface area contributed by atoms with Gasteiger partial charge in [0.25, 0.3) is 0 Å². The van der Waals surface area contributed by atoms with Crippen molar-refractivity contribution < 1.29 is 9.84 Å². The van der Waals surface area contributed by atoms with Gasteiger partial charge in [-0.15, -0.1) is 0 Å². The number of benzene rings is 1. The summed E-state index contributed by atoms with van der Waals surface area (Å²) in [7, 11) is 0. The number of aromatic nitrogens is 1. The molecule has 0 unspecified atom stereocenters. The SMILES string of the molecule is C[C@H](O)c1ccc(Oc2ccc(C(C)(C)C)cc2)cn1. The second kappa shape index (κ2) is 5.63. The van der Waals surface area contributed by atoms with Gasteiger partial charge in [-0.25, -0.2) is 0 Å². The molecule has 106 valence electrons. The van der Waals surface area contributed by atoms with Crippen LogP contribution in [0.25, 0.3) is 0 Å². The van der Waals surface area contributed by atoms with Crippen molar-refractivity contribution in [3.63, 3.8) is 0 Å². The van der Waals surface area contributed by atoms with E-state index >= 15 is 0 Å². The number of nitrogens with zero attached hydrogens (tertiary/aromatic N) is 1. The van der Waals surface area contributed by atoms with Gasteiger partial charge in [-0.1, -0.05) is 32.9 Å². The number of pyridine rings is 1. The lowest BCUT2D eigenvalue weighted by Gasteiger charge is -2.19. The third-order valence-electron chi connectivity index (χ3n) is 3.14. The van der Waals surface area contributed by atoms with Crippen LogP contribution < -0.4 is 4.74 Å². The number of aliphatic hydroxyl groups is 1. The Kier molecular flexibility index (Phi) is 4.09. The normalized spacial score (nSPS) is 13.1. The molecule has 1 atom stereocenters. The zero-order chi connectivity index (χ0) is 14.8. The summed E-state index contributed by atoms with van der Waals surface area (Å²) in [5, 5.41) is 9.41. The van der Waals surface area contributed by atoms with E-state index in [1.165, 1.54) is 5.56 Å². The van der Waals surface area contributed by atoms with E-state index in [9.17, 15) is 5.11 Å². The molecule has 1 heterocycles. The average molecular weight is 271 g/mol. The third-order valence-corrected chi connectivity index (χ3v) is 3.14. The maximum atomic E-state index is 9.41. The van der Waals surface area contributed by atoms with Crippen LogP contribution in [0.3, 0.4) is 0 Å². The van der Waals surface area contributed by atoms with Crippen LogP contribution in [0.1, 0.15) is 45.1 Å². The van der Waals surface area contributed by atoms with Gasteiger partial charge in [0.15, 0.2) is 0 Å². The summed E-state index contributed by atoms with van der Waals surface area (Å²) in [5.41, 5.74) is 2.05. The van der Waals surface area contributed by atoms with Gasteiger partial charge in [0.1, 0.15) is 11.5 Å². The maximum absolute atomic E-state index is 9.41. The van der Waals surface area contributed by atoms with Crippen LogP contribution in [-0.4, -0.2) is 10.1 Å². The molecule has 0 aliphatic rings. The minimum atomic E-state index is -0.560. The zero-order valence-electron chi connectivity index (χ0n) is 12.4. The highest BCUT2D eigenvalue weighted by Gasteiger charge is 2.13. The standard InChI is InChI=1S/C17H21NO2/c1-12(19)16-10-9-15(11-18-16)20-14-7-5-13(6-8-14)17(2,3)4/h5-12,19H,1-4H3/t12-/m0/s1. The molecule has 2 aromatic rings. The number of aliphatic hydroxyl groups excluding tert-OH is 1. The molecule has 0 spiro atoms. The van der Waals surface area contributed by atoms with Crippen LogP contribution in [0.4, 0.5) is 0 Å². The summed E-state index contributed by atoms with van der Waals surface area (Å²) in [5.74, 6) is 1.45. The molecule has 0 aliphatic carbocycles. The van der Waals surface area contributed by atoms with E-state index in [0.717, 1.165) is 5.75 Å². The second-order valence-corrected chi connectivity index (χ2v) is 5.97. The van der Waals surface area contributed by atoms with Crippen LogP contribution >= 0.6 is 0 Å². The smallest absolute Gasteiger partial charge is 0.145 e. The van der Waals surface area contributed by atoms with E-state index in [1.807, 2.05) is 18.2 Å². The topological polar surface area (TPSA) is 42.4 Å². The summed E-state index contributed by atoms with van der Waals surface area (Å²) in [6.07, 6.45) is 1.06. The van der Waals surface area contributed by atoms with Crippen molar-refractivity contribution in [1.82, 2.24) is 4.98 Å².